The molecule has 3 nitrogen and oxygen atoms in total. The molecular formula is C9H15N3S. The summed E-state index contributed by atoms with van der Waals surface area (Å²) in [6.45, 7) is 2.16. The summed E-state index contributed by atoms with van der Waals surface area (Å²) in [6.07, 6.45) is 8.08. The zero-order chi connectivity index (χ0) is 9.15. The largest absolute Gasteiger partial charge is 0.330 e. The molecule has 0 unspecified atom stereocenters. The van der Waals surface area contributed by atoms with Crippen molar-refractivity contribution in [2.75, 3.05) is 18.8 Å². The van der Waals surface area contributed by atoms with Gasteiger partial charge in [-0.05, 0) is 25.9 Å². The van der Waals surface area contributed by atoms with E-state index in [1.807, 2.05) is 18.7 Å². The van der Waals surface area contributed by atoms with E-state index in [0.717, 1.165) is 31.7 Å². The molecular weight excluding hydrogens is 182 g/mol. The van der Waals surface area contributed by atoms with Crippen molar-refractivity contribution in [2.24, 2.45) is 0 Å². The van der Waals surface area contributed by atoms with E-state index in [-0.39, 0.29) is 5.54 Å². The van der Waals surface area contributed by atoms with Crippen molar-refractivity contribution in [1.82, 2.24) is 14.9 Å². The van der Waals surface area contributed by atoms with E-state index in [2.05, 4.69) is 27.5 Å². The maximum Gasteiger partial charge on any atom is 0.0951 e. The van der Waals surface area contributed by atoms with E-state index in [9.17, 15) is 0 Å². The zero-order valence-electron chi connectivity index (χ0n) is 7.61. The van der Waals surface area contributed by atoms with Crippen molar-refractivity contribution >= 4 is 12.6 Å². The molecule has 1 N–H and O–H groups in total. The highest BCUT2D eigenvalue weighted by atomic mass is 32.1. The van der Waals surface area contributed by atoms with Gasteiger partial charge in [-0.25, -0.2) is 4.98 Å². The fourth-order valence-electron chi connectivity index (χ4n) is 1.93. The minimum atomic E-state index is 0.199. The van der Waals surface area contributed by atoms with Crippen LogP contribution in [0.15, 0.2) is 18.7 Å². The fourth-order valence-corrected chi connectivity index (χ4v) is 2.41. The molecule has 1 aromatic rings. The van der Waals surface area contributed by atoms with Crippen LogP contribution in [0, 0.1) is 0 Å². The first kappa shape index (κ1) is 9.09. The second-order valence-electron chi connectivity index (χ2n) is 3.60. The molecule has 0 radical (unpaired) electrons. The number of piperidine rings is 1. The van der Waals surface area contributed by atoms with Crippen LogP contribution < -0.4 is 5.32 Å². The molecule has 2 rings (SSSR count). The van der Waals surface area contributed by atoms with Gasteiger partial charge >= 0.3 is 0 Å². The summed E-state index contributed by atoms with van der Waals surface area (Å²) < 4.78 is 2.21. The lowest BCUT2D eigenvalue weighted by Crippen LogP contribution is -2.45. The number of nitrogens with zero attached hydrogens (tertiary/aromatic N) is 2. The Labute approximate surface area is 84.0 Å². The number of hydrogen-bond acceptors (Lipinski definition) is 3. The van der Waals surface area contributed by atoms with E-state index >= 15 is 0 Å². The van der Waals surface area contributed by atoms with Gasteiger partial charge in [-0.15, -0.1) is 0 Å². The summed E-state index contributed by atoms with van der Waals surface area (Å²) in [4.78, 5) is 4.10. The topological polar surface area (TPSA) is 29.9 Å². The molecule has 13 heavy (non-hydrogen) atoms. The van der Waals surface area contributed by atoms with Gasteiger partial charge < -0.3 is 9.88 Å². The van der Waals surface area contributed by atoms with Crippen LogP contribution in [0.3, 0.4) is 0 Å². The Hall–Kier alpha value is -0.480. The maximum absolute atomic E-state index is 4.46. The van der Waals surface area contributed by atoms with Gasteiger partial charge in [0.1, 0.15) is 0 Å². The van der Waals surface area contributed by atoms with Crippen molar-refractivity contribution in [1.29, 1.82) is 0 Å². The minimum Gasteiger partial charge on any atom is -0.330 e. The lowest BCUT2D eigenvalue weighted by Gasteiger charge is -2.37. The van der Waals surface area contributed by atoms with Gasteiger partial charge in [0.05, 0.1) is 11.9 Å². The predicted octanol–water partition coefficient (Wildman–Crippen LogP) is 0.892. The van der Waals surface area contributed by atoms with Gasteiger partial charge in [0, 0.05) is 18.1 Å². The smallest absolute Gasteiger partial charge is 0.0951 e. The summed E-state index contributed by atoms with van der Waals surface area (Å²) in [5.41, 5.74) is 0.199. The molecule has 0 aromatic carbocycles. The molecule has 1 aromatic heterocycles. The lowest BCUT2D eigenvalue weighted by atomic mass is 9.90. The predicted molar refractivity (Wildman–Crippen MR) is 56.2 cm³/mol. The Kier molecular flexibility index (Phi) is 2.60. The first-order valence-electron chi connectivity index (χ1n) is 4.67. The van der Waals surface area contributed by atoms with E-state index in [4.69, 9.17) is 0 Å². The van der Waals surface area contributed by atoms with Crippen LogP contribution in [0.5, 0.6) is 0 Å². The van der Waals surface area contributed by atoms with E-state index in [1.54, 1.807) is 0 Å². The second kappa shape index (κ2) is 3.72. The minimum absolute atomic E-state index is 0.199. The number of thiol groups is 1. The molecule has 1 saturated heterocycles. The molecule has 1 aliphatic rings. The summed E-state index contributed by atoms with van der Waals surface area (Å²) >= 11 is 4.46. The Balaban J connectivity index is 2.23. The quantitative estimate of drug-likeness (QED) is 0.690. The first-order chi connectivity index (χ1) is 6.37. The molecule has 0 aliphatic carbocycles. The van der Waals surface area contributed by atoms with E-state index in [0.29, 0.717) is 0 Å². The number of hydrogen-bond donors (Lipinski definition) is 2. The first-order valence-corrected chi connectivity index (χ1v) is 5.31. The molecule has 4 heteroatoms. The summed E-state index contributed by atoms with van der Waals surface area (Å²) in [7, 11) is 0. The standard InChI is InChI=1S/C9H15N3S/c13-7-9(1-3-10-4-2-9)12-6-5-11-8-12/h5-6,8,10,13H,1-4,7H2. The lowest BCUT2D eigenvalue weighted by molar-refractivity contribution is 0.238. The molecule has 0 atom stereocenters. The monoisotopic (exact) mass is 197 g/mol. The van der Waals surface area contributed by atoms with Gasteiger partial charge in [-0.3, -0.25) is 0 Å². The van der Waals surface area contributed by atoms with Crippen LogP contribution in [0.1, 0.15) is 12.8 Å². The summed E-state index contributed by atoms with van der Waals surface area (Å²) in [5.74, 6) is 0.894. The van der Waals surface area contributed by atoms with Gasteiger partial charge in [0.25, 0.3) is 0 Å². The Morgan fingerprint density at radius 3 is 2.77 bits per heavy atom. The highest BCUT2D eigenvalue weighted by molar-refractivity contribution is 7.80. The Morgan fingerprint density at radius 1 is 1.46 bits per heavy atom. The van der Waals surface area contributed by atoms with Crippen molar-refractivity contribution < 1.29 is 0 Å². The van der Waals surface area contributed by atoms with E-state index in [1.165, 1.54) is 0 Å². The van der Waals surface area contributed by atoms with Crippen LogP contribution in [-0.2, 0) is 5.54 Å². The fraction of sp³-hybridized carbons (Fsp3) is 0.667. The number of imidazole rings is 1. The third kappa shape index (κ3) is 1.60. The van der Waals surface area contributed by atoms with Crippen LogP contribution in [0.4, 0.5) is 0 Å². The molecule has 1 fully saturated rings. The van der Waals surface area contributed by atoms with E-state index < -0.39 is 0 Å². The van der Waals surface area contributed by atoms with Gasteiger partial charge in [-0.2, -0.15) is 12.6 Å². The van der Waals surface area contributed by atoms with Gasteiger partial charge in [-0.1, -0.05) is 0 Å². The van der Waals surface area contributed by atoms with Crippen molar-refractivity contribution in [3.05, 3.63) is 18.7 Å². The zero-order valence-corrected chi connectivity index (χ0v) is 8.50. The number of aromatic nitrogens is 2. The van der Waals surface area contributed by atoms with Crippen LogP contribution in [0.25, 0.3) is 0 Å². The normalized spacial score (nSPS) is 21.6. The third-order valence-corrected chi connectivity index (χ3v) is 3.47. The van der Waals surface area contributed by atoms with Crippen molar-refractivity contribution in [3.8, 4) is 0 Å². The molecule has 72 valence electrons. The average Bonchev–Trinajstić information content (AvgIpc) is 2.72. The second-order valence-corrected chi connectivity index (χ2v) is 3.92. The molecule has 1 aliphatic heterocycles. The summed E-state index contributed by atoms with van der Waals surface area (Å²) in [6, 6.07) is 0. The average molecular weight is 197 g/mol. The SMILES string of the molecule is SCC1(n2ccnc2)CCNCC1. The van der Waals surface area contributed by atoms with Gasteiger partial charge in [0.2, 0.25) is 0 Å². The van der Waals surface area contributed by atoms with Crippen molar-refractivity contribution in [2.45, 2.75) is 18.4 Å². The van der Waals surface area contributed by atoms with Crippen molar-refractivity contribution in [3.63, 3.8) is 0 Å². The van der Waals surface area contributed by atoms with Gasteiger partial charge in [0.15, 0.2) is 0 Å². The Morgan fingerprint density at radius 2 is 2.23 bits per heavy atom. The highest BCUT2D eigenvalue weighted by Crippen LogP contribution is 2.28. The molecule has 0 spiro atoms. The Bertz CT molecular complexity index is 252. The maximum atomic E-state index is 4.46. The molecule has 0 bridgehead atoms. The summed E-state index contributed by atoms with van der Waals surface area (Å²) in [5, 5.41) is 3.37. The molecule has 0 amide bonds. The highest BCUT2D eigenvalue weighted by Gasteiger charge is 2.31. The molecule has 2 heterocycles. The third-order valence-electron chi connectivity index (χ3n) is 2.88. The number of nitrogens with one attached hydrogen (secondary N) is 1. The molecule has 0 saturated carbocycles. The van der Waals surface area contributed by atoms with Crippen LogP contribution in [0.2, 0.25) is 0 Å². The van der Waals surface area contributed by atoms with Crippen LogP contribution >= 0.6 is 12.6 Å². The van der Waals surface area contributed by atoms with Crippen LogP contribution in [-0.4, -0.2) is 28.4 Å². The number of rotatable bonds is 2.